The monoisotopic (exact) mass is 207 g/mol. The lowest BCUT2D eigenvalue weighted by molar-refractivity contribution is -0.141. The second-order valence-corrected chi connectivity index (χ2v) is 3.68. The summed E-state index contributed by atoms with van der Waals surface area (Å²) in [5, 5.41) is 16.9. The highest BCUT2D eigenvalue weighted by molar-refractivity contribution is 7.99. The summed E-state index contributed by atoms with van der Waals surface area (Å²) in [5.74, 6) is -2.02. The van der Waals surface area contributed by atoms with Crippen LogP contribution in [-0.4, -0.2) is 51.8 Å². The van der Waals surface area contributed by atoms with Crippen molar-refractivity contribution in [1.82, 2.24) is 4.90 Å². The van der Waals surface area contributed by atoms with Gasteiger partial charge >= 0.3 is 11.9 Å². The fourth-order valence-electron chi connectivity index (χ4n) is 0.810. The molecular weight excluding hydrogens is 194 g/mol. The summed E-state index contributed by atoms with van der Waals surface area (Å²) in [4.78, 5) is 22.1. The Morgan fingerprint density at radius 1 is 1.31 bits per heavy atom. The Hall–Kier alpha value is -0.750. The van der Waals surface area contributed by atoms with E-state index in [0.29, 0.717) is 0 Å². The van der Waals surface area contributed by atoms with E-state index in [4.69, 9.17) is 10.2 Å². The van der Waals surface area contributed by atoms with Crippen LogP contribution in [0.25, 0.3) is 0 Å². The molecule has 0 spiro atoms. The van der Waals surface area contributed by atoms with Crippen LogP contribution in [0.1, 0.15) is 6.92 Å². The van der Waals surface area contributed by atoms with Gasteiger partial charge in [0.15, 0.2) is 0 Å². The van der Waals surface area contributed by atoms with Gasteiger partial charge in [0.2, 0.25) is 0 Å². The van der Waals surface area contributed by atoms with Gasteiger partial charge in [0.25, 0.3) is 0 Å². The molecule has 76 valence electrons. The molecule has 0 aliphatic carbocycles. The van der Waals surface area contributed by atoms with Gasteiger partial charge in [0.1, 0.15) is 0 Å². The van der Waals surface area contributed by atoms with Crippen LogP contribution in [-0.2, 0) is 9.59 Å². The molecule has 0 bridgehead atoms. The van der Waals surface area contributed by atoms with Crippen molar-refractivity contribution in [3.05, 3.63) is 0 Å². The molecule has 0 aromatic heterocycles. The van der Waals surface area contributed by atoms with Crippen LogP contribution in [0.15, 0.2) is 0 Å². The quantitative estimate of drug-likeness (QED) is 0.604. The van der Waals surface area contributed by atoms with E-state index in [1.54, 1.807) is 13.2 Å². The first-order valence-electron chi connectivity index (χ1n) is 3.67. The summed E-state index contributed by atoms with van der Waals surface area (Å²) in [6.07, 6.45) is 1.81. The fourth-order valence-corrected chi connectivity index (χ4v) is 1.26. The zero-order valence-corrected chi connectivity index (χ0v) is 8.37. The summed E-state index contributed by atoms with van der Waals surface area (Å²) >= 11 is 1.42. The van der Waals surface area contributed by atoms with Crippen molar-refractivity contribution in [2.45, 2.75) is 12.3 Å². The molecule has 0 saturated carbocycles. The fraction of sp³-hybridized carbons (Fsp3) is 0.714. The van der Waals surface area contributed by atoms with E-state index < -0.39 is 11.9 Å². The van der Waals surface area contributed by atoms with Crippen LogP contribution in [0.2, 0.25) is 0 Å². The van der Waals surface area contributed by atoms with Crippen LogP contribution < -0.4 is 0 Å². The van der Waals surface area contributed by atoms with Crippen molar-refractivity contribution < 1.29 is 19.8 Å². The highest BCUT2D eigenvalue weighted by atomic mass is 32.2. The summed E-state index contributed by atoms with van der Waals surface area (Å²) in [7, 11) is 0. The summed E-state index contributed by atoms with van der Waals surface area (Å²) in [6, 6.07) is 0. The maximum absolute atomic E-state index is 10.4. The first-order chi connectivity index (χ1) is 5.97. The first kappa shape index (κ1) is 12.2. The minimum Gasteiger partial charge on any atom is -0.480 e. The normalized spacial score (nSPS) is 12.8. The zero-order valence-electron chi connectivity index (χ0n) is 7.56. The van der Waals surface area contributed by atoms with Gasteiger partial charge in [0, 0.05) is 0 Å². The smallest absolute Gasteiger partial charge is 0.317 e. The number of rotatable bonds is 6. The number of hydrogen-bond donors (Lipinski definition) is 2. The SMILES string of the molecule is CSC(C)N(CC(=O)O)CC(=O)O. The summed E-state index contributed by atoms with van der Waals surface area (Å²) in [5.41, 5.74) is 0. The standard InChI is InChI=1S/C7H13NO4S/c1-5(13-2)8(3-6(9)10)4-7(11)12/h5H,3-4H2,1-2H3,(H,9,10)(H,11,12). The first-order valence-corrected chi connectivity index (χ1v) is 4.96. The van der Waals surface area contributed by atoms with Crippen LogP contribution in [0.4, 0.5) is 0 Å². The molecule has 0 saturated heterocycles. The Kier molecular flexibility index (Phi) is 5.48. The van der Waals surface area contributed by atoms with Gasteiger partial charge in [-0.25, -0.2) is 0 Å². The van der Waals surface area contributed by atoms with Gasteiger partial charge in [-0.05, 0) is 13.2 Å². The molecule has 1 atom stereocenters. The number of hydrogen-bond acceptors (Lipinski definition) is 4. The molecule has 13 heavy (non-hydrogen) atoms. The topological polar surface area (TPSA) is 77.8 Å². The van der Waals surface area contributed by atoms with Gasteiger partial charge < -0.3 is 10.2 Å². The minimum absolute atomic E-state index is 0.104. The third-order valence-corrected chi connectivity index (χ3v) is 2.51. The van der Waals surface area contributed by atoms with Crippen molar-refractivity contribution in [2.75, 3.05) is 19.3 Å². The Labute approximate surface area is 80.7 Å². The lowest BCUT2D eigenvalue weighted by atomic mass is 10.4. The van der Waals surface area contributed by atoms with E-state index in [-0.39, 0.29) is 18.5 Å². The van der Waals surface area contributed by atoms with Gasteiger partial charge in [-0.1, -0.05) is 0 Å². The van der Waals surface area contributed by atoms with E-state index >= 15 is 0 Å². The number of carboxylic acid groups (broad SMARTS) is 2. The minimum atomic E-state index is -1.01. The molecule has 0 fully saturated rings. The molecule has 2 N–H and O–H groups in total. The molecule has 6 heteroatoms. The van der Waals surface area contributed by atoms with Crippen molar-refractivity contribution in [3.63, 3.8) is 0 Å². The van der Waals surface area contributed by atoms with Gasteiger partial charge in [0.05, 0.1) is 18.5 Å². The Balaban J connectivity index is 4.17. The number of carbonyl (C=O) groups is 2. The second-order valence-electron chi connectivity index (χ2n) is 2.53. The van der Waals surface area contributed by atoms with Crippen molar-refractivity contribution in [1.29, 1.82) is 0 Å². The predicted octanol–water partition coefficient (Wildman–Crippen LogP) is 0.167. The van der Waals surface area contributed by atoms with Crippen LogP contribution in [0.3, 0.4) is 0 Å². The van der Waals surface area contributed by atoms with Crippen LogP contribution >= 0.6 is 11.8 Å². The molecule has 0 rings (SSSR count). The average molecular weight is 207 g/mol. The maximum Gasteiger partial charge on any atom is 0.317 e. The van der Waals surface area contributed by atoms with E-state index in [1.165, 1.54) is 16.7 Å². The number of thioether (sulfide) groups is 1. The number of carboxylic acids is 2. The highest BCUT2D eigenvalue weighted by Gasteiger charge is 2.18. The summed E-state index contributed by atoms with van der Waals surface area (Å²) < 4.78 is 0. The lowest BCUT2D eigenvalue weighted by Gasteiger charge is -2.23. The highest BCUT2D eigenvalue weighted by Crippen LogP contribution is 2.10. The second kappa shape index (κ2) is 5.82. The third kappa shape index (κ3) is 5.48. The van der Waals surface area contributed by atoms with Crippen molar-refractivity contribution in [2.24, 2.45) is 0 Å². The molecule has 0 amide bonds. The molecule has 0 radical (unpaired) electrons. The third-order valence-electron chi connectivity index (χ3n) is 1.53. The van der Waals surface area contributed by atoms with E-state index in [2.05, 4.69) is 0 Å². The molecule has 0 aliphatic heterocycles. The molecular formula is C7H13NO4S. The zero-order chi connectivity index (χ0) is 10.4. The Bertz CT molecular complexity index is 181. The average Bonchev–Trinajstić information content (AvgIpc) is 2.00. The molecule has 0 aromatic carbocycles. The lowest BCUT2D eigenvalue weighted by Crippen LogP contribution is -2.39. The van der Waals surface area contributed by atoms with Crippen molar-refractivity contribution in [3.8, 4) is 0 Å². The predicted molar refractivity (Wildman–Crippen MR) is 49.8 cm³/mol. The number of nitrogens with zero attached hydrogens (tertiary/aromatic N) is 1. The van der Waals surface area contributed by atoms with E-state index in [9.17, 15) is 9.59 Å². The van der Waals surface area contributed by atoms with Gasteiger partial charge in [-0.2, -0.15) is 0 Å². The molecule has 5 nitrogen and oxygen atoms in total. The van der Waals surface area contributed by atoms with Gasteiger partial charge in [-0.3, -0.25) is 14.5 Å². The Morgan fingerprint density at radius 3 is 1.92 bits per heavy atom. The van der Waals surface area contributed by atoms with Crippen LogP contribution in [0, 0.1) is 0 Å². The van der Waals surface area contributed by atoms with E-state index in [0.717, 1.165) is 0 Å². The summed E-state index contributed by atoms with van der Waals surface area (Å²) in [6.45, 7) is 1.29. The number of aliphatic carboxylic acids is 2. The largest absolute Gasteiger partial charge is 0.480 e. The van der Waals surface area contributed by atoms with Gasteiger partial charge in [-0.15, -0.1) is 11.8 Å². The maximum atomic E-state index is 10.4. The van der Waals surface area contributed by atoms with Crippen molar-refractivity contribution >= 4 is 23.7 Å². The molecule has 1 unspecified atom stereocenters. The molecule has 0 aromatic rings. The Morgan fingerprint density at radius 2 is 1.69 bits per heavy atom. The molecule has 0 aliphatic rings. The van der Waals surface area contributed by atoms with Crippen LogP contribution in [0.5, 0.6) is 0 Å². The molecule has 0 heterocycles. The van der Waals surface area contributed by atoms with E-state index in [1.807, 2.05) is 0 Å².